The van der Waals surface area contributed by atoms with E-state index in [0.29, 0.717) is 40.9 Å². The summed E-state index contributed by atoms with van der Waals surface area (Å²) >= 11 is 1.21. The highest BCUT2D eigenvalue weighted by molar-refractivity contribution is 7.89. The van der Waals surface area contributed by atoms with E-state index in [1.54, 1.807) is 36.4 Å². The molecule has 0 bridgehead atoms. The number of sulfonamides is 1. The molecule has 3 aromatic rings. The smallest absolute Gasteiger partial charge is 0.255 e. The van der Waals surface area contributed by atoms with E-state index in [1.165, 1.54) is 15.6 Å². The molecule has 38 heavy (non-hydrogen) atoms. The van der Waals surface area contributed by atoms with Crippen molar-refractivity contribution < 1.29 is 22.7 Å². The van der Waals surface area contributed by atoms with Gasteiger partial charge in [0.25, 0.3) is 5.91 Å². The molecule has 0 aliphatic heterocycles. The highest BCUT2D eigenvalue weighted by Crippen LogP contribution is 2.36. The Morgan fingerprint density at radius 1 is 1.11 bits per heavy atom. The van der Waals surface area contributed by atoms with Crippen LogP contribution in [0.25, 0.3) is 10.3 Å². The van der Waals surface area contributed by atoms with E-state index in [9.17, 15) is 18.0 Å². The summed E-state index contributed by atoms with van der Waals surface area (Å²) in [5.41, 5.74) is 6.49. The SMILES string of the molecule is CCN(CC)S(=O)(=O)c1ccc([C@@H](CC2CCCC2)C(=O)Nc2nc3ccc(OCC(N)=O)nc3s2)cc1. The molecule has 1 aliphatic rings. The van der Waals surface area contributed by atoms with Gasteiger partial charge in [-0.25, -0.2) is 18.4 Å². The third kappa shape index (κ3) is 6.48. The van der Waals surface area contributed by atoms with Crippen molar-refractivity contribution in [2.45, 2.75) is 56.8 Å². The van der Waals surface area contributed by atoms with Crippen molar-refractivity contribution in [2.24, 2.45) is 11.7 Å². The lowest BCUT2D eigenvalue weighted by Crippen LogP contribution is -2.30. The molecule has 2 aromatic heterocycles. The minimum Gasteiger partial charge on any atom is -0.468 e. The molecule has 0 unspecified atom stereocenters. The minimum absolute atomic E-state index is 0.194. The number of anilines is 1. The maximum absolute atomic E-state index is 13.5. The molecule has 1 saturated carbocycles. The van der Waals surface area contributed by atoms with Gasteiger partial charge in [-0.3, -0.25) is 9.59 Å². The normalized spacial score (nSPS) is 15.1. The fraction of sp³-hybridized carbons (Fsp3) is 0.462. The van der Waals surface area contributed by atoms with E-state index in [0.717, 1.165) is 31.2 Å². The second-order valence-corrected chi connectivity index (χ2v) is 12.2. The third-order valence-electron chi connectivity index (χ3n) is 6.81. The number of hydrogen-bond acceptors (Lipinski definition) is 8. The molecule has 204 valence electrons. The highest BCUT2D eigenvalue weighted by Gasteiger charge is 2.28. The quantitative estimate of drug-likeness (QED) is 0.342. The summed E-state index contributed by atoms with van der Waals surface area (Å²) in [5.74, 6) is -0.557. The summed E-state index contributed by atoms with van der Waals surface area (Å²) in [6.07, 6.45) is 5.16. The molecule has 0 spiro atoms. The Kier molecular flexibility index (Phi) is 8.95. The number of ether oxygens (including phenoxy) is 1. The molecular formula is C26H33N5O5S2. The summed E-state index contributed by atoms with van der Waals surface area (Å²) in [4.78, 5) is 34.1. The number of nitrogens with zero attached hydrogens (tertiary/aromatic N) is 3. The Morgan fingerprint density at radius 2 is 1.79 bits per heavy atom. The van der Waals surface area contributed by atoms with E-state index in [-0.39, 0.29) is 23.3 Å². The van der Waals surface area contributed by atoms with Crippen LogP contribution in [0.15, 0.2) is 41.3 Å². The molecule has 0 radical (unpaired) electrons. The van der Waals surface area contributed by atoms with Crippen LogP contribution < -0.4 is 15.8 Å². The van der Waals surface area contributed by atoms with Gasteiger partial charge in [0.1, 0.15) is 10.3 Å². The molecule has 2 amide bonds. The fourth-order valence-corrected chi connectivity index (χ4v) is 7.12. The van der Waals surface area contributed by atoms with Gasteiger partial charge in [-0.2, -0.15) is 4.31 Å². The lowest BCUT2D eigenvalue weighted by atomic mass is 9.87. The molecule has 3 N–H and O–H groups in total. The second kappa shape index (κ2) is 12.2. The van der Waals surface area contributed by atoms with Crippen LogP contribution in [0.5, 0.6) is 5.88 Å². The van der Waals surface area contributed by atoms with Gasteiger partial charge in [0.15, 0.2) is 11.7 Å². The van der Waals surface area contributed by atoms with Crippen molar-refractivity contribution in [1.82, 2.24) is 14.3 Å². The van der Waals surface area contributed by atoms with Crippen LogP contribution in [0.1, 0.15) is 57.4 Å². The summed E-state index contributed by atoms with van der Waals surface area (Å²) in [6.45, 7) is 4.12. The molecule has 1 fully saturated rings. The Balaban J connectivity index is 1.55. The zero-order valence-electron chi connectivity index (χ0n) is 21.6. The molecule has 10 nitrogen and oxygen atoms in total. The minimum atomic E-state index is -3.58. The van der Waals surface area contributed by atoms with Crippen molar-refractivity contribution in [3.8, 4) is 5.88 Å². The van der Waals surface area contributed by atoms with Gasteiger partial charge >= 0.3 is 0 Å². The average molecular weight is 560 g/mol. The van der Waals surface area contributed by atoms with Gasteiger partial charge in [-0.15, -0.1) is 0 Å². The lowest BCUT2D eigenvalue weighted by Gasteiger charge is -2.21. The van der Waals surface area contributed by atoms with Crippen LogP contribution >= 0.6 is 11.3 Å². The second-order valence-electron chi connectivity index (χ2n) is 9.33. The number of carbonyl (C=O) groups is 2. The van der Waals surface area contributed by atoms with Crippen LogP contribution in [0.4, 0.5) is 5.13 Å². The number of aromatic nitrogens is 2. The summed E-state index contributed by atoms with van der Waals surface area (Å²) in [6, 6.07) is 9.97. The number of nitrogens with two attached hydrogens (primary N) is 1. The zero-order valence-corrected chi connectivity index (χ0v) is 23.2. The van der Waals surface area contributed by atoms with Crippen molar-refractivity contribution in [2.75, 3.05) is 25.0 Å². The molecule has 1 atom stereocenters. The first-order valence-corrected chi connectivity index (χ1v) is 15.1. The number of primary amides is 1. The first kappa shape index (κ1) is 27.9. The van der Waals surface area contributed by atoms with E-state index in [2.05, 4.69) is 15.3 Å². The standard InChI is InChI=1S/C26H33N5O5S2/c1-3-31(4-2)38(34,35)19-11-9-18(10-12-19)20(15-17-7-5-6-8-17)24(33)30-26-28-21-13-14-23(29-25(21)37-26)36-16-22(27)32/h9-14,17,20H,3-8,15-16H2,1-2H3,(H2,27,32)(H,28,30,33)/t20-/m1/s1. The average Bonchev–Trinajstić information content (AvgIpc) is 3.55. The molecular weight excluding hydrogens is 526 g/mol. The Bertz CT molecular complexity index is 1380. The zero-order chi connectivity index (χ0) is 27.3. The predicted octanol–water partition coefficient (Wildman–Crippen LogP) is 3.89. The first-order chi connectivity index (χ1) is 18.2. The largest absolute Gasteiger partial charge is 0.468 e. The Labute approximate surface area is 226 Å². The van der Waals surface area contributed by atoms with Crippen molar-refractivity contribution in [1.29, 1.82) is 0 Å². The van der Waals surface area contributed by atoms with Crippen molar-refractivity contribution in [3.05, 3.63) is 42.0 Å². The van der Waals surface area contributed by atoms with Crippen LogP contribution in [0.3, 0.4) is 0 Å². The Hall–Kier alpha value is -3.09. The monoisotopic (exact) mass is 559 g/mol. The molecule has 0 saturated heterocycles. The number of carbonyl (C=O) groups excluding carboxylic acids is 2. The topological polar surface area (TPSA) is 145 Å². The molecule has 1 aliphatic carbocycles. The summed E-state index contributed by atoms with van der Waals surface area (Å²) < 4.78 is 32.5. The molecule has 4 rings (SSSR count). The van der Waals surface area contributed by atoms with E-state index in [1.807, 2.05) is 13.8 Å². The van der Waals surface area contributed by atoms with Gasteiger partial charge in [0, 0.05) is 19.2 Å². The van der Waals surface area contributed by atoms with Crippen molar-refractivity contribution in [3.63, 3.8) is 0 Å². The van der Waals surface area contributed by atoms with Crippen LogP contribution in [0.2, 0.25) is 0 Å². The van der Waals surface area contributed by atoms with Crippen LogP contribution in [-0.2, 0) is 19.6 Å². The third-order valence-corrected chi connectivity index (χ3v) is 9.75. The summed E-state index contributed by atoms with van der Waals surface area (Å²) in [5, 5.41) is 3.35. The molecule has 12 heteroatoms. The number of pyridine rings is 1. The number of hydrogen-bond donors (Lipinski definition) is 2. The first-order valence-electron chi connectivity index (χ1n) is 12.8. The number of thiazole rings is 1. The van der Waals surface area contributed by atoms with Crippen LogP contribution in [0, 0.1) is 5.92 Å². The van der Waals surface area contributed by atoms with E-state index in [4.69, 9.17) is 10.5 Å². The van der Waals surface area contributed by atoms with E-state index < -0.39 is 21.8 Å². The van der Waals surface area contributed by atoms with Gasteiger partial charge in [-0.05, 0) is 36.1 Å². The number of rotatable bonds is 12. The van der Waals surface area contributed by atoms with Crippen LogP contribution in [-0.4, -0.2) is 54.2 Å². The van der Waals surface area contributed by atoms with E-state index >= 15 is 0 Å². The Morgan fingerprint density at radius 3 is 2.42 bits per heavy atom. The number of amides is 2. The lowest BCUT2D eigenvalue weighted by molar-refractivity contribution is -0.120. The van der Waals surface area contributed by atoms with Gasteiger partial charge in [0.2, 0.25) is 21.8 Å². The molecule has 1 aromatic carbocycles. The number of nitrogens with one attached hydrogen (secondary N) is 1. The van der Waals surface area contributed by atoms with Crippen molar-refractivity contribution >= 4 is 48.7 Å². The van der Waals surface area contributed by atoms with Gasteiger partial charge in [0.05, 0.1) is 10.8 Å². The number of fused-ring (bicyclic) bond motifs is 1. The van der Waals surface area contributed by atoms with Gasteiger partial charge < -0.3 is 15.8 Å². The highest BCUT2D eigenvalue weighted by atomic mass is 32.2. The maximum atomic E-state index is 13.5. The molecule has 2 heterocycles. The maximum Gasteiger partial charge on any atom is 0.255 e. The number of benzene rings is 1. The summed E-state index contributed by atoms with van der Waals surface area (Å²) in [7, 11) is -3.58. The van der Waals surface area contributed by atoms with Gasteiger partial charge in [-0.1, -0.05) is 63.0 Å². The predicted molar refractivity (Wildman–Crippen MR) is 147 cm³/mol. The fourth-order valence-electron chi connectivity index (χ4n) is 4.83.